The van der Waals surface area contributed by atoms with Gasteiger partial charge in [0, 0.05) is 47.1 Å². The monoisotopic (exact) mass is 559 g/mol. The Labute approximate surface area is 225 Å². The number of benzene rings is 3. The highest BCUT2D eigenvalue weighted by Crippen LogP contribution is 2.35. The summed E-state index contributed by atoms with van der Waals surface area (Å²) >= 11 is 7.52. The maximum absolute atomic E-state index is 13.2. The highest BCUT2D eigenvalue weighted by atomic mass is 35.5. The van der Waals surface area contributed by atoms with Crippen LogP contribution in [0.1, 0.15) is 0 Å². The molecule has 8 nitrogen and oxygen atoms in total. The third-order valence-electron chi connectivity index (χ3n) is 6.05. The number of fused-ring (bicyclic) bond motifs is 1. The fourth-order valence-electron chi connectivity index (χ4n) is 4.14. The van der Waals surface area contributed by atoms with Crippen LogP contribution >= 0.6 is 23.4 Å². The van der Waals surface area contributed by atoms with E-state index in [4.69, 9.17) is 21.1 Å². The van der Waals surface area contributed by atoms with Crippen molar-refractivity contribution in [3.63, 3.8) is 0 Å². The van der Waals surface area contributed by atoms with E-state index in [1.54, 1.807) is 23.9 Å². The van der Waals surface area contributed by atoms with E-state index in [9.17, 15) is 13.2 Å². The zero-order valence-corrected chi connectivity index (χ0v) is 22.3. The first-order valence-electron chi connectivity index (χ1n) is 11.8. The SMILES string of the molecule is O=C(CN1CCN(S(=O)(=O)c2ccc3c(c2)OCCO3)CC1)Nc1ccccc1Sc1ccc(Cl)cc1. The van der Waals surface area contributed by atoms with E-state index in [2.05, 4.69) is 5.32 Å². The first-order chi connectivity index (χ1) is 17.9. The van der Waals surface area contributed by atoms with Gasteiger partial charge in [-0.05, 0) is 48.5 Å². The predicted molar refractivity (Wildman–Crippen MR) is 143 cm³/mol. The highest BCUT2D eigenvalue weighted by molar-refractivity contribution is 7.99. The van der Waals surface area contributed by atoms with Crippen molar-refractivity contribution in [2.24, 2.45) is 0 Å². The summed E-state index contributed by atoms with van der Waals surface area (Å²) in [5.41, 5.74) is 0.729. The minimum Gasteiger partial charge on any atom is -0.486 e. The molecule has 37 heavy (non-hydrogen) atoms. The standard InChI is InChI=1S/C26H26ClN3O5S2/c27-19-5-7-20(8-6-19)36-25-4-2-1-3-22(25)28-26(31)18-29-11-13-30(14-12-29)37(32,33)21-9-10-23-24(17-21)35-16-15-34-23/h1-10,17H,11-16,18H2,(H,28,31). The van der Waals surface area contributed by atoms with E-state index >= 15 is 0 Å². The second-order valence-electron chi connectivity index (χ2n) is 8.59. The van der Waals surface area contributed by atoms with Crippen LogP contribution in [0.4, 0.5) is 5.69 Å². The largest absolute Gasteiger partial charge is 0.486 e. The summed E-state index contributed by atoms with van der Waals surface area (Å²) in [4.78, 5) is 16.9. The van der Waals surface area contributed by atoms with Gasteiger partial charge in [0.2, 0.25) is 15.9 Å². The number of para-hydroxylation sites is 1. The molecule has 2 aliphatic heterocycles. The summed E-state index contributed by atoms with van der Waals surface area (Å²) < 4.78 is 38.8. The van der Waals surface area contributed by atoms with Gasteiger partial charge in [0.25, 0.3) is 0 Å². The van der Waals surface area contributed by atoms with Crippen LogP contribution in [0.25, 0.3) is 0 Å². The molecule has 1 fully saturated rings. The number of sulfonamides is 1. The molecule has 194 valence electrons. The third kappa shape index (κ3) is 6.22. The molecule has 2 aliphatic rings. The topological polar surface area (TPSA) is 88.2 Å². The number of carbonyl (C=O) groups is 1. The van der Waals surface area contributed by atoms with Crippen molar-refractivity contribution >= 4 is 45.0 Å². The molecule has 0 spiro atoms. The molecule has 0 unspecified atom stereocenters. The van der Waals surface area contributed by atoms with Gasteiger partial charge in [0.1, 0.15) is 13.2 Å². The van der Waals surface area contributed by atoms with Gasteiger partial charge in [-0.25, -0.2) is 8.42 Å². The Morgan fingerprint density at radius 3 is 2.38 bits per heavy atom. The molecule has 0 aromatic heterocycles. The van der Waals surface area contributed by atoms with Gasteiger partial charge in [-0.15, -0.1) is 0 Å². The first kappa shape index (κ1) is 25.9. The lowest BCUT2D eigenvalue weighted by Crippen LogP contribution is -2.50. The Morgan fingerprint density at radius 1 is 0.919 bits per heavy atom. The number of rotatable bonds is 7. The van der Waals surface area contributed by atoms with Crippen molar-refractivity contribution in [1.29, 1.82) is 0 Å². The molecule has 0 bridgehead atoms. The molecule has 0 aliphatic carbocycles. The predicted octanol–water partition coefficient (Wildman–Crippen LogP) is 4.21. The highest BCUT2D eigenvalue weighted by Gasteiger charge is 2.30. The Kier molecular flexibility index (Phi) is 7.92. The van der Waals surface area contributed by atoms with E-state index in [1.807, 2.05) is 53.4 Å². The van der Waals surface area contributed by atoms with Gasteiger partial charge in [0.15, 0.2) is 11.5 Å². The van der Waals surface area contributed by atoms with E-state index < -0.39 is 10.0 Å². The minimum atomic E-state index is -3.67. The van der Waals surface area contributed by atoms with Crippen LogP contribution in [-0.2, 0) is 14.8 Å². The maximum Gasteiger partial charge on any atom is 0.243 e. The van der Waals surface area contributed by atoms with Crippen LogP contribution in [0, 0.1) is 0 Å². The number of hydrogen-bond acceptors (Lipinski definition) is 7. The number of hydrogen-bond donors (Lipinski definition) is 1. The summed E-state index contributed by atoms with van der Waals surface area (Å²) in [5.74, 6) is 0.846. The van der Waals surface area contributed by atoms with Crippen LogP contribution in [0.5, 0.6) is 11.5 Å². The number of halogens is 1. The number of carbonyl (C=O) groups excluding carboxylic acids is 1. The molecule has 0 radical (unpaired) electrons. The fraction of sp³-hybridized carbons (Fsp3) is 0.269. The zero-order chi connectivity index (χ0) is 25.8. The number of nitrogens with zero attached hydrogens (tertiary/aromatic N) is 2. The lowest BCUT2D eigenvalue weighted by molar-refractivity contribution is -0.117. The van der Waals surface area contributed by atoms with Gasteiger partial charge >= 0.3 is 0 Å². The van der Waals surface area contributed by atoms with Crippen molar-refractivity contribution in [2.45, 2.75) is 14.7 Å². The molecule has 0 atom stereocenters. The third-order valence-corrected chi connectivity index (χ3v) is 9.28. The summed E-state index contributed by atoms with van der Waals surface area (Å²) in [6, 6.07) is 19.9. The Morgan fingerprint density at radius 2 is 1.62 bits per heavy atom. The first-order valence-corrected chi connectivity index (χ1v) is 14.5. The van der Waals surface area contributed by atoms with Gasteiger partial charge in [-0.1, -0.05) is 35.5 Å². The average Bonchev–Trinajstić information content (AvgIpc) is 2.91. The molecule has 3 aromatic rings. The van der Waals surface area contributed by atoms with Crippen LogP contribution in [0.15, 0.2) is 81.4 Å². The Hall–Kier alpha value is -2.76. The van der Waals surface area contributed by atoms with Crippen molar-refractivity contribution in [3.8, 4) is 11.5 Å². The van der Waals surface area contributed by atoms with Crippen LogP contribution in [-0.4, -0.2) is 69.5 Å². The zero-order valence-electron chi connectivity index (χ0n) is 19.9. The number of ether oxygens (including phenoxy) is 2. The number of amides is 1. The summed E-state index contributed by atoms with van der Waals surface area (Å²) in [5, 5.41) is 3.67. The number of piperazine rings is 1. The van der Waals surface area contributed by atoms with E-state index in [-0.39, 0.29) is 17.3 Å². The fourth-order valence-corrected chi connectivity index (χ4v) is 6.61. The molecule has 5 rings (SSSR count). The smallest absolute Gasteiger partial charge is 0.243 e. The normalized spacial score (nSPS) is 16.4. The van der Waals surface area contributed by atoms with Crippen LogP contribution < -0.4 is 14.8 Å². The van der Waals surface area contributed by atoms with E-state index in [0.29, 0.717) is 55.9 Å². The lowest BCUT2D eigenvalue weighted by Gasteiger charge is -2.33. The van der Waals surface area contributed by atoms with Gasteiger partial charge in [-0.3, -0.25) is 9.69 Å². The van der Waals surface area contributed by atoms with Crippen LogP contribution in [0.3, 0.4) is 0 Å². The van der Waals surface area contributed by atoms with Crippen molar-refractivity contribution in [3.05, 3.63) is 71.8 Å². The molecular formula is C26H26ClN3O5S2. The van der Waals surface area contributed by atoms with Crippen molar-refractivity contribution < 1.29 is 22.7 Å². The van der Waals surface area contributed by atoms with E-state index in [0.717, 1.165) is 15.5 Å². The lowest BCUT2D eigenvalue weighted by atomic mass is 10.3. The van der Waals surface area contributed by atoms with Gasteiger partial charge in [0.05, 0.1) is 17.1 Å². The van der Waals surface area contributed by atoms with Crippen molar-refractivity contribution in [2.75, 3.05) is 51.3 Å². The molecule has 0 saturated carbocycles. The molecule has 2 heterocycles. The van der Waals surface area contributed by atoms with Gasteiger partial charge in [-0.2, -0.15) is 4.31 Å². The second kappa shape index (κ2) is 11.3. The number of anilines is 1. The molecule has 1 saturated heterocycles. The quantitative estimate of drug-likeness (QED) is 0.464. The molecule has 1 N–H and O–H groups in total. The summed E-state index contributed by atoms with van der Waals surface area (Å²) in [6.45, 7) is 2.53. The molecule has 11 heteroatoms. The van der Waals surface area contributed by atoms with Crippen molar-refractivity contribution in [1.82, 2.24) is 9.21 Å². The summed E-state index contributed by atoms with van der Waals surface area (Å²) in [6.07, 6.45) is 0. The Balaban J connectivity index is 1.16. The maximum atomic E-state index is 13.2. The van der Waals surface area contributed by atoms with Gasteiger partial charge < -0.3 is 14.8 Å². The molecule has 1 amide bonds. The average molecular weight is 560 g/mol. The number of nitrogens with one attached hydrogen (secondary N) is 1. The van der Waals surface area contributed by atoms with E-state index in [1.165, 1.54) is 10.4 Å². The van der Waals surface area contributed by atoms with Crippen LogP contribution in [0.2, 0.25) is 5.02 Å². The second-order valence-corrected chi connectivity index (χ2v) is 12.1. The molecule has 3 aromatic carbocycles. The summed E-state index contributed by atoms with van der Waals surface area (Å²) in [7, 11) is -3.67. The minimum absolute atomic E-state index is 0.146. The Bertz CT molecular complexity index is 1380. The molecular weight excluding hydrogens is 534 g/mol.